The van der Waals surface area contributed by atoms with Crippen LogP contribution in [0.5, 0.6) is 0 Å². The van der Waals surface area contributed by atoms with Gasteiger partial charge in [-0.3, -0.25) is 9.59 Å². The zero-order valence-electron chi connectivity index (χ0n) is 15.4. The van der Waals surface area contributed by atoms with E-state index in [1.807, 2.05) is 52.7 Å². The summed E-state index contributed by atoms with van der Waals surface area (Å²) in [7, 11) is 0. The van der Waals surface area contributed by atoms with Gasteiger partial charge in [-0.05, 0) is 36.4 Å². The van der Waals surface area contributed by atoms with Crippen LogP contribution in [0.3, 0.4) is 0 Å². The van der Waals surface area contributed by atoms with E-state index in [9.17, 15) is 9.59 Å². The minimum absolute atomic E-state index is 0.143. The Kier molecular flexibility index (Phi) is 5.48. The van der Waals surface area contributed by atoms with Crippen LogP contribution in [-0.4, -0.2) is 51.1 Å². The molecule has 2 aromatic heterocycles. The molecule has 7 nitrogen and oxygen atoms in total. The van der Waals surface area contributed by atoms with Gasteiger partial charge in [-0.1, -0.05) is 24.3 Å². The van der Waals surface area contributed by atoms with Crippen molar-refractivity contribution < 1.29 is 9.59 Å². The summed E-state index contributed by atoms with van der Waals surface area (Å²) in [5, 5.41) is 9.27. The van der Waals surface area contributed by atoms with E-state index < -0.39 is 0 Å². The predicted octanol–water partition coefficient (Wildman–Crippen LogP) is 2.74. The Hall–Kier alpha value is -3.00. The summed E-state index contributed by atoms with van der Waals surface area (Å²) in [6.45, 7) is 1.97. The molecule has 0 atom stereocenters. The number of para-hydroxylation sites is 1. The van der Waals surface area contributed by atoms with Gasteiger partial charge in [0, 0.05) is 26.1 Å². The Balaban J connectivity index is 1.45. The number of amides is 2. The van der Waals surface area contributed by atoms with Crippen LogP contribution >= 0.6 is 11.3 Å². The number of hydrogen-bond acceptors (Lipinski definition) is 5. The highest BCUT2D eigenvalue weighted by Gasteiger charge is 2.21. The number of thiophene rings is 1. The van der Waals surface area contributed by atoms with Crippen molar-refractivity contribution in [1.82, 2.24) is 25.0 Å². The van der Waals surface area contributed by atoms with Gasteiger partial charge >= 0.3 is 0 Å². The molecule has 1 aliphatic heterocycles. The first-order valence-electron chi connectivity index (χ1n) is 9.35. The molecule has 1 aromatic carbocycles. The predicted molar refractivity (Wildman–Crippen MR) is 107 cm³/mol. The van der Waals surface area contributed by atoms with E-state index in [4.69, 9.17) is 0 Å². The van der Waals surface area contributed by atoms with Gasteiger partial charge in [0.2, 0.25) is 11.7 Å². The van der Waals surface area contributed by atoms with Crippen LogP contribution in [0.4, 0.5) is 0 Å². The molecule has 8 heteroatoms. The zero-order valence-corrected chi connectivity index (χ0v) is 16.2. The smallest absolute Gasteiger partial charge is 0.290 e. The fraction of sp³-hybridized carbons (Fsp3) is 0.300. The van der Waals surface area contributed by atoms with Crippen LogP contribution in [-0.2, 0) is 4.79 Å². The Morgan fingerprint density at radius 1 is 1.18 bits per heavy atom. The van der Waals surface area contributed by atoms with Crippen LogP contribution < -0.4 is 5.32 Å². The highest BCUT2D eigenvalue weighted by Crippen LogP contribution is 2.25. The highest BCUT2D eigenvalue weighted by molar-refractivity contribution is 7.13. The molecule has 1 saturated heterocycles. The van der Waals surface area contributed by atoms with E-state index >= 15 is 0 Å². The lowest BCUT2D eigenvalue weighted by Crippen LogP contribution is -2.31. The third-order valence-corrected chi connectivity index (χ3v) is 5.48. The number of benzene rings is 1. The van der Waals surface area contributed by atoms with Crippen molar-refractivity contribution in [3.05, 3.63) is 53.7 Å². The molecule has 1 aliphatic rings. The summed E-state index contributed by atoms with van der Waals surface area (Å²) in [6.07, 6.45) is 2.28. The monoisotopic (exact) mass is 395 g/mol. The average Bonchev–Trinajstić information content (AvgIpc) is 3.46. The number of hydrogen-bond donors (Lipinski definition) is 1. The van der Waals surface area contributed by atoms with Crippen LogP contribution in [0.2, 0.25) is 0 Å². The molecule has 2 amide bonds. The Morgan fingerprint density at radius 3 is 2.75 bits per heavy atom. The number of rotatable bonds is 7. The minimum atomic E-state index is -0.305. The number of nitrogens with zero attached hydrogens (tertiary/aromatic N) is 4. The maximum atomic E-state index is 12.5. The molecule has 0 bridgehead atoms. The average molecular weight is 395 g/mol. The Morgan fingerprint density at radius 2 is 2.04 bits per heavy atom. The van der Waals surface area contributed by atoms with Crippen molar-refractivity contribution in [2.75, 3.05) is 19.6 Å². The molecule has 3 aromatic rings. The molecule has 144 valence electrons. The molecule has 1 N–H and O–H groups in total. The van der Waals surface area contributed by atoms with E-state index in [1.54, 1.807) is 16.0 Å². The van der Waals surface area contributed by atoms with Crippen LogP contribution in [0.15, 0.2) is 47.8 Å². The van der Waals surface area contributed by atoms with Gasteiger partial charge in [0.15, 0.2) is 5.82 Å². The van der Waals surface area contributed by atoms with Crippen molar-refractivity contribution in [3.63, 3.8) is 0 Å². The zero-order chi connectivity index (χ0) is 19.3. The first kappa shape index (κ1) is 18.4. The number of carbonyl (C=O) groups is 2. The molecule has 0 spiro atoms. The summed E-state index contributed by atoms with van der Waals surface area (Å²) < 4.78 is 1.70. The van der Waals surface area contributed by atoms with E-state index in [0.717, 1.165) is 23.5 Å². The van der Waals surface area contributed by atoms with Crippen LogP contribution in [0.25, 0.3) is 16.4 Å². The second-order valence-corrected chi connectivity index (χ2v) is 7.53. The van der Waals surface area contributed by atoms with Gasteiger partial charge in [-0.15, -0.1) is 16.4 Å². The van der Waals surface area contributed by atoms with Crippen molar-refractivity contribution in [3.8, 4) is 16.4 Å². The normalized spacial score (nSPS) is 13.9. The molecular weight excluding hydrogens is 374 g/mol. The molecule has 1 fully saturated rings. The molecule has 0 unspecified atom stereocenters. The van der Waals surface area contributed by atoms with Crippen molar-refractivity contribution in [2.24, 2.45) is 0 Å². The third kappa shape index (κ3) is 3.96. The van der Waals surface area contributed by atoms with Gasteiger partial charge in [0.1, 0.15) is 0 Å². The second kappa shape index (κ2) is 8.35. The number of nitrogens with one attached hydrogen (secondary N) is 1. The van der Waals surface area contributed by atoms with Gasteiger partial charge in [0.05, 0.1) is 10.6 Å². The van der Waals surface area contributed by atoms with E-state index in [2.05, 4.69) is 15.4 Å². The number of aromatic nitrogens is 3. The fourth-order valence-electron chi connectivity index (χ4n) is 3.21. The number of carbonyl (C=O) groups excluding carboxylic acids is 2. The lowest BCUT2D eigenvalue weighted by molar-refractivity contribution is -0.127. The summed E-state index contributed by atoms with van der Waals surface area (Å²) in [5.41, 5.74) is 0.852. The topological polar surface area (TPSA) is 80.1 Å². The lowest BCUT2D eigenvalue weighted by Gasteiger charge is -2.14. The Labute approximate surface area is 167 Å². The molecular formula is C20H21N5O2S. The SMILES string of the molecule is O=C(NCCCN1CCCC1=O)c1nc(-c2cccs2)n(-c2ccccc2)n1. The van der Waals surface area contributed by atoms with E-state index in [0.29, 0.717) is 31.8 Å². The largest absolute Gasteiger partial charge is 0.349 e. The molecule has 28 heavy (non-hydrogen) atoms. The summed E-state index contributed by atoms with van der Waals surface area (Å²) in [5.74, 6) is 0.689. The third-order valence-electron chi connectivity index (χ3n) is 4.61. The van der Waals surface area contributed by atoms with Gasteiger partial charge < -0.3 is 10.2 Å². The van der Waals surface area contributed by atoms with Crippen LogP contribution in [0, 0.1) is 0 Å². The molecule has 0 aliphatic carbocycles. The van der Waals surface area contributed by atoms with Crippen LogP contribution in [0.1, 0.15) is 29.9 Å². The summed E-state index contributed by atoms with van der Waals surface area (Å²) in [6, 6.07) is 13.6. The maximum absolute atomic E-state index is 12.5. The van der Waals surface area contributed by atoms with Gasteiger partial charge in [-0.2, -0.15) is 0 Å². The molecule has 4 rings (SSSR count). The first-order chi connectivity index (χ1) is 13.7. The quantitative estimate of drug-likeness (QED) is 0.624. The van der Waals surface area contributed by atoms with Crippen molar-refractivity contribution >= 4 is 23.2 Å². The highest BCUT2D eigenvalue weighted by atomic mass is 32.1. The van der Waals surface area contributed by atoms with E-state index in [-0.39, 0.29) is 17.6 Å². The standard InChI is InChI=1S/C20H21N5O2S/c26-17-10-4-12-24(17)13-6-11-21-20(27)18-22-19(16-9-5-14-28-16)25(23-18)15-7-2-1-3-8-15/h1-3,5,7-9,14H,4,6,10-13H2,(H,21,27). The van der Waals surface area contributed by atoms with E-state index in [1.165, 1.54) is 0 Å². The lowest BCUT2D eigenvalue weighted by atomic mass is 10.3. The molecule has 0 saturated carbocycles. The number of likely N-dealkylation sites (tertiary alicyclic amines) is 1. The molecule has 0 radical (unpaired) electrons. The minimum Gasteiger partial charge on any atom is -0.349 e. The van der Waals surface area contributed by atoms with Gasteiger partial charge in [-0.25, -0.2) is 9.67 Å². The summed E-state index contributed by atoms with van der Waals surface area (Å²) in [4.78, 5) is 31.5. The van der Waals surface area contributed by atoms with Gasteiger partial charge in [0.25, 0.3) is 5.91 Å². The van der Waals surface area contributed by atoms with Crippen molar-refractivity contribution in [1.29, 1.82) is 0 Å². The van der Waals surface area contributed by atoms with Crippen molar-refractivity contribution in [2.45, 2.75) is 19.3 Å². The Bertz CT molecular complexity index is 952. The fourth-order valence-corrected chi connectivity index (χ4v) is 3.91. The first-order valence-corrected chi connectivity index (χ1v) is 10.2. The summed E-state index contributed by atoms with van der Waals surface area (Å²) >= 11 is 1.55. The maximum Gasteiger partial charge on any atom is 0.290 e. The second-order valence-electron chi connectivity index (χ2n) is 6.58. The molecule has 3 heterocycles.